The van der Waals surface area contributed by atoms with Crippen LogP contribution in [-0.4, -0.2) is 6.04 Å². The van der Waals surface area contributed by atoms with E-state index in [1.807, 2.05) is 0 Å². The first-order chi connectivity index (χ1) is 32.2. The van der Waals surface area contributed by atoms with Gasteiger partial charge in [-0.15, -0.1) is 0 Å². The van der Waals surface area contributed by atoms with E-state index in [2.05, 4.69) is 240 Å². The van der Waals surface area contributed by atoms with Crippen LogP contribution >= 0.6 is 0 Å². The molecule has 4 aliphatic carbocycles. The van der Waals surface area contributed by atoms with Crippen LogP contribution in [0.2, 0.25) is 0 Å². The highest BCUT2D eigenvalue weighted by molar-refractivity contribution is 5.93. The number of hydrogen-bond donors (Lipinski definition) is 0. The van der Waals surface area contributed by atoms with E-state index in [-0.39, 0.29) is 11.3 Å². The number of para-hydroxylation sites is 3. The fourth-order valence-corrected chi connectivity index (χ4v) is 12.7. The van der Waals surface area contributed by atoms with Crippen LogP contribution in [0.5, 0.6) is 0 Å². The molecule has 0 radical (unpaired) electrons. The summed E-state index contributed by atoms with van der Waals surface area (Å²) >= 11 is 0. The van der Waals surface area contributed by atoms with Gasteiger partial charge >= 0.3 is 0 Å². The van der Waals surface area contributed by atoms with Crippen LogP contribution in [0.4, 0.5) is 28.4 Å². The van der Waals surface area contributed by atoms with Gasteiger partial charge in [0.2, 0.25) is 0 Å². The van der Waals surface area contributed by atoms with Gasteiger partial charge in [0.1, 0.15) is 0 Å². The topological polar surface area (TPSA) is 6.48 Å². The summed E-state index contributed by atoms with van der Waals surface area (Å²) < 4.78 is 0. The second kappa shape index (κ2) is 14.2. The fraction of sp³-hybridized carbons (Fsp3) is 0.111. The van der Waals surface area contributed by atoms with Crippen LogP contribution in [0.25, 0.3) is 34.1 Å². The van der Waals surface area contributed by atoms with Gasteiger partial charge in [-0.25, -0.2) is 0 Å². The molecule has 5 atom stereocenters. The van der Waals surface area contributed by atoms with Crippen molar-refractivity contribution in [3.05, 3.63) is 269 Å². The minimum absolute atomic E-state index is 0.251. The Morgan fingerprint density at radius 1 is 0.462 bits per heavy atom. The third kappa shape index (κ3) is 5.41. The molecule has 0 saturated carbocycles. The summed E-state index contributed by atoms with van der Waals surface area (Å²) in [6, 6.07) is 64.9. The Hall–Kier alpha value is -7.68. The molecule has 5 unspecified atom stereocenters. The van der Waals surface area contributed by atoms with Crippen LogP contribution in [0, 0.1) is 11.8 Å². The summed E-state index contributed by atoms with van der Waals surface area (Å²) in [5, 5.41) is 2.51. The fourth-order valence-electron chi connectivity index (χ4n) is 12.7. The summed E-state index contributed by atoms with van der Waals surface area (Å²) in [4.78, 5) is 5.05. The molecule has 2 nitrogen and oxygen atoms in total. The molecule has 65 heavy (non-hydrogen) atoms. The Morgan fingerprint density at radius 3 is 1.92 bits per heavy atom. The van der Waals surface area contributed by atoms with Gasteiger partial charge in [0.05, 0.1) is 11.5 Å². The lowest BCUT2D eigenvalue weighted by atomic mass is 9.65. The predicted octanol–water partition coefficient (Wildman–Crippen LogP) is 15.3. The van der Waals surface area contributed by atoms with Crippen LogP contribution in [0.3, 0.4) is 0 Å². The molecule has 0 fully saturated rings. The number of anilines is 5. The maximum absolute atomic E-state index is 2.55. The van der Waals surface area contributed by atoms with Gasteiger partial charge in [-0.3, -0.25) is 0 Å². The molecule has 8 aromatic carbocycles. The molecule has 0 bridgehead atoms. The lowest BCUT2D eigenvalue weighted by molar-refractivity contribution is 0.465. The summed E-state index contributed by atoms with van der Waals surface area (Å²) in [5.41, 5.74) is 20.9. The lowest BCUT2D eigenvalue weighted by Crippen LogP contribution is -2.41. The van der Waals surface area contributed by atoms with Crippen LogP contribution in [0.1, 0.15) is 56.0 Å². The van der Waals surface area contributed by atoms with E-state index in [1.54, 1.807) is 0 Å². The van der Waals surface area contributed by atoms with E-state index >= 15 is 0 Å². The Kier molecular flexibility index (Phi) is 8.01. The molecule has 0 aromatic heterocycles. The Labute approximate surface area is 381 Å². The van der Waals surface area contributed by atoms with Gasteiger partial charge in [0, 0.05) is 52.6 Å². The monoisotopic (exact) mass is 830 g/mol. The normalized spacial score (nSPS) is 22.3. The Balaban J connectivity index is 0.860. The van der Waals surface area contributed by atoms with Crippen molar-refractivity contribution in [3.63, 3.8) is 0 Å². The number of allylic oxidation sites excluding steroid dienone is 6. The second-order valence-corrected chi connectivity index (χ2v) is 18.8. The highest BCUT2D eigenvalue weighted by atomic mass is 15.2. The third-order valence-electron chi connectivity index (χ3n) is 15.5. The van der Waals surface area contributed by atoms with Gasteiger partial charge in [-0.1, -0.05) is 176 Å². The summed E-state index contributed by atoms with van der Waals surface area (Å²) in [6.45, 7) is 0. The van der Waals surface area contributed by atoms with Crippen LogP contribution < -0.4 is 9.80 Å². The first-order valence-electron chi connectivity index (χ1n) is 23.3. The summed E-state index contributed by atoms with van der Waals surface area (Å²) in [5.74, 6) is 1.02. The molecule has 14 rings (SSSR count). The standard InChI is InChI=1S/C63H46N2/c1-9-21-59-45(13-1)37-46-14-2-10-22-60(46)64(59)49-31-30-43-35-41(27-29-44(43)39-49)25-26-42-28-33-53-54-34-32-50(65-61-23-11-3-15-47(61)38-48-16-4-12-24-62(48)65)40-58(54)63(57(53)36-42)55-19-7-5-17-51(55)52-18-6-8-20-56(52)63/h1-36,39-40,45,51,55,59H,37-38H2/b26-25+. The Bertz CT molecular complexity index is 3410. The smallest absolute Gasteiger partial charge is 0.0591 e. The van der Waals surface area contributed by atoms with Crippen molar-refractivity contribution in [2.75, 3.05) is 9.80 Å². The lowest BCUT2D eigenvalue weighted by Gasteiger charge is -2.42. The largest absolute Gasteiger partial charge is 0.334 e. The summed E-state index contributed by atoms with van der Waals surface area (Å²) in [7, 11) is 0. The molecule has 0 amide bonds. The number of fused-ring (bicyclic) bond motifs is 15. The van der Waals surface area contributed by atoms with Crippen molar-refractivity contribution >= 4 is 51.4 Å². The van der Waals surface area contributed by atoms with Gasteiger partial charge in [-0.2, -0.15) is 0 Å². The highest BCUT2D eigenvalue weighted by Crippen LogP contribution is 2.66. The van der Waals surface area contributed by atoms with E-state index in [1.165, 1.54) is 100 Å². The SMILES string of the molecule is C1=CC2Cc3ccccc3N(c3ccc4cc(/C=C/c5ccc6c(c5)C5(c7cc(N8c9ccccc9Cc9ccccc98)ccc7-6)c6ccccc6C6C=CC=CC65)ccc4c3)C2C=C1. The number of hydrogen-bond acceptors (Lipinski definition) is 2. The van der Waals surface area contributed by atoms with Gasteiger partial charge in [0.25, 0.3) is 0 Å². The van der Waals surface area contributed by atoms with Crippen molar-refractivity contribution in [2.24, 2.45) is 11.8 Å². The van der Waals surface area contributed by atoms with E-state index in [4.69, 9.17) is 0 Å². The zero-order chi connectivity index (χ0) is 42.6. The highest BCUT2D eigenvalue weighted by Gasteiger charge is 2.57. The van der Waals surface area contributed by atoms with Crippen LogP contribution in [-0.2, 0) is 18.3 Å². The van der Waals surface area contributed by atoms with Crippen molar-refractivity contribution in [3.8, 4) is 11.1 Å². The maximum Gasteiger partial charge on any atom is 0.0591 e. The van der Waals surface area contributed by atoms with E-state index in [0.29, 0.717) is 17.9 Å². The molecule has 2 aliphatic heterocycles. The third-order valence-corrected chi connectivity index (χ3v) is 15.5. The molecule has 1 spiro atoms. The second-order valence-electron chi connectivity index (χ2n) is 18.8. The van der Waals surface area contributed by atoms with E-state index in [9.17, 15) is 0 Å². The number of benzene rings is 8. The molecule has 2 heterocycles. The van der Waals surface area contributed by atoms with Gasteiger partial charge in [-0.05, 0) is 133 Å². The number of nitrogens with zero attached hydrogens (tertiary/aromatic N) is 2. The number of rotatable bonds is 4. The zero-order valence-corrected chi connectivity index (χ0v) is 36.1. The average molecular weight is 831 g/mol. The molecule has 308 valence electrons. The molecule has 2 heteroatoms. The average Bonchev–Trinajstić information content (AvgIpc) is 3.83. The van der Waals surface area contributed by atoms with E-state index in [0.717, 1.165) is 12.8 Å². The minimum Gasteiger partial charge on any atom is -0.334 e. The Morgan fingerprint density at radius 2 is 1.08 bits per heavy atom. The molecular formula is C63H46N2. The first kappa shape index (κ1) is 36.8. The zero-order valence-electron chi connectivity index (χ0n) is 36.1. The molecular weight excluding hydrogens is 785 g/mol. The molecule has 0 N–H and O–H groups in total. The van der Waals surface area contributed by atoms with Crippen molar-refractivity contribution in [1.82, 2.24) is 0 Å². The molecule has 8 aromatic rings. The van der Waals surface area contributed by atoms with Crippen molar-refractivity contribution in [1.29, 1.82) is 0 Å². The van der Waals surface area contributed by atoms with Gasteiger partial charge < -0.3 is 9.80 Å². The molecule has 6 aliphatic rings. The van der Waals surface area contributed by atoms with Gasteiger partial charge in [0.15, 0.2) is 0 Å². The maximum atomic E-state index is 2.55. The van der Waals surface area contributed by atoms with Crippen LogP contribution in [0.15, 0.2) is 218 Å². The van der Waals surface area contributed by atoms with Crippen molar-refractivity contribution < 1.29 is 0 Å². The van der Waals surface area contributed by atoms with E-state index < -0.39 is 0 Å². The predicted molar refractivity (Wildman–Crippen MR) is 271 cm³/mol. The summed E-state index contributed by atoms with van der Waals surface area (Å²) in [6.07, 6.45) is 25.3. The molecule has 0 saturated heterocycles. The quantitative estimate of drug-likeness (QED) is 0.163. The first-order valence-corrected chi connectivity index (χ1v) is 23.3. The minimum atomic E-state index is -0.346. The van der Waals surface area contributed by atoms with Crippen molar-refractivity contribution in [2.45, 2.75) is 30.2 Å².